The molecule has 15 heavy (non-hydrogen) atoms. The van der Waals surface area contributed by atoms with Gasteiger partial charge in [0, 0.05) is 6.42 Å². The van der Waals surface area contributed by atoms with Crippen molar-refractivity contribution in [1.82, 2.24) is 0 Å². The highest BCUT2D eigenvalue weighted by Crippen LogP contribution is 2.08. The fourth-order valence-electron chi connectivity index (χ4n) is 1.52. The van der Waals surface area contributed by atoms with E-state index >= 15 is 0 Å². The second-order valence-corrected chi connectivity index (χ2v) is 3.50. The fraction of sp³-hybridized carbons (Fsp3) is 0.500. The third-order valence-electron chi connectivity index (χ3n) is 2.30. The number of hydrogen-bond donors (Lipinski definition) is 0. The van der Waals surface area contributed by atoms with Crippen molar-refractivity contribution < 1.29 is 14.2 Å². The van der Waals surface area contributed by atoms with Crippen LogP contribution in [0.3, 0.4) is 0 Å². The molecule has 0 atom stereocenters. The van der Waals surface area contributed by atoms with Gasteiger partial charge in [0.1, 0.15) is 0 Å². The lowest BCUT2D eigenvalue weighted by Crippen LogP contribution is -2.11. The summed E-state index contributed by atoms with van der Waals surface area (Å²) in [6.07, 6.45) is 0.757. The van der Waals surface area contributed by atoms with Crippen LogP contribution in [0.15, 0.2) is 30.3 Å². The Hall–Kier alpha value is -0.900. The summed E-state index contributed by atoms with van der Waals surface area (Å²) in [4.78, 5) is 0. The minimum absolute atomic E-state index is 0.0548. The zero-order valence-electron chi connectivity index (χ0n) is 8.72. The normalized spacial score (nSPS) is 17.1. The Labute approximate surface area is 90.0 Å². The zero-order valence-corrected chi connectivity index (χ0v) is 8.72. The monoisotopic (exact) mass is 208 g/mol. The number of rotatable bonds is 5. The van der Waals surface area contributed by atoms with E-state index in [1.165, 1.54) is 5.56 Å². The first-order valence-electron chi connectivity index (χ1n) is 5.30. The molecule has 0 radical (unpaired) electrons. The zero-order chi connectivity index (χ0) is 10.3. The Bertz CT molecular complexity index is 267. The van der Waals surface area contributed by atoms with Crippen molar-refractivity contribution in [3.8, 4) is 0 Å². The van der Waals surface area contributed by atoms with Crippen molar-refractivity contribution in [2.45, 2.75) is 19.3 Å². The highest BCUT2D eigenvalue weighted by atomic mass is 16.7. The first kappa shape index (κ1) is 10.6. The van der Waals surface area contributed by atoms with Gasteiger partial charge in [-0.3, -0.25) is 0 Å². The van der Waals surface area contributed by atoms with Crippen molar-refractivity contribution in [3.63, 3.8) is 0 Å². The molecule has 0 saturated carbocycles. The minimum atomic E-state index is -0.0548. The first-order chi connectivity index (χ1) is 7.45. The van der Waals surface area contributed by atoms with Crippen molar-refractivity contribution in [1.29, 1.82) is 0 Å². The summed E-state index contributed by atoms with van der Waals surface area (Å²) < 4.78 is 16.1. The molecule has 1 aromatic rings. The highest BCUT2D eigenvalue weighted by Gasteiger charge is 2.14. The van der Waals surface area contributed by atoms with E-state index in [1.807, 2.05) is 18.2 Å². The third-order valence-corrected chi connectivity index (χ3v) is 2.30. The Morgan fingerprint density at radius 2 is 1.87 bits per heavy atom. The average molecular weight is 208 g/mol. The van der Waals surface area contributed by atoms with Crippen LogP contribution in [0.25, 0.3) is 0 Å². The van der Waals surface area contributed by atoms with Crippen molar-refractivity contribution >= 4 is 0 Å². The maximum absolute atomic E-state index is 5.52. The van der Waals surface area contributed by atoms with Crippen molar-refractivity contribution in [2.75, 3.05) is 19.8 Å². The molecule has 0 unspecified atom stereocenters. The summed E-state index contributed by atoms with van der Waals surface area (Å²) in [6.45, 7) is 2.76. The summed E-state index contributed by atoms with van der Waals surface area (Å²) in [5, 5.41) is 0. The van der Waals surface area contributed by atoms with Gasteiger partial charge >= 0.3 is 0 Å². The average Bonchev–Trinajstić information content (AvgIpc) is 2.79. The lowest BCUT2D eigenvalue weighted by molar-refractivity contribution is -0.0631. The fourth-order valence-corrected chi connectivity index (χ4v) is 1.52. The largest absolute Gasteiger partial charge is 0.377 e. The SMILES string of the molecule is c1ccc(COCCC2OCCO2)cc1. The van der Waals surface area contributed by atoms with E-state index in [-0.39, 0.29) is 6.29 Å². The summed E-state index contributed by atoms with van der Waals surface area (Å²) in [6, 6.07) is 10.2. The molecule has 0 bridgehead atoms. The van der Waals surface area contributed by atoms with E-state index in [2.05, 4.69) is 12.1 Å². The lowest BCUT2D eigenvalue weighted by Gasteiger charge is -2.09. The molecule has 0 aromatic heterocycles. The van der Waals surface area contributed by atoms with Crippen molar-refractivity contribution in [2.24, 2.45) is 0 Å². The Balaban J connectivity index is 1.59. The molecule has 0 spiro atoms. The summed E-state index contributed by atoms with van der Waals surface area (Å²) >= 11 is 0. The topological polar surface area (TPSA) is 27.7 Å². The maximum atomic E-state index is 5.52. The number of ether oxygens (including phenoxy) is 3. The minimum Gasteiger partial charge on any atom is -0.377 e. The highest BCUT2D eigenvalue weighted by molar-refractivity contribution is 5.13. The lowest BCUT2D eigenvalue weighted by atomic mass is 10.2. The first-order valence-corrected chi connectivity index (χ1v) is 5.30. The molecule has 1 aliphatic heterocycles. The van der Waals surface area contributed by atoms with E-state index in [0.717, 1.165) is 6.42 Å². The van der Waals surface area contributed by atoms with E-state index in [9.17, 15) is 0 Å². The summed E-state index contributed by atoms with van der Waals surface area (Å²) in [7, 11) is 0. The molecule has 82 valence electrons. The van der Waals surface area contributed by atoms with Crippen LogP contribution in [0.2, 0.25) is 0 Å². The van der Waals surface area contributed by atoms with Crippen molar-refractivity contribution in [3.05, 3.63) is 35.9 Å². The van der Waals surface area contributed by atoms with E-state index in [4.69, 9.17) is 14.2 Å². The van der Waals surface area contributed by atoms with Crippen LogP contribution in [0.5, 0.6) is 0 Å². The Kier molecular flexibility index (Phi) is 4.14. The van der Waals surface area contributed by atoms with Gasteiger partial charge in [0.2, 0.25) is 0 Å². The van der Waals surface area contributed by atoms with Crippen LogP contribution in [-0.4, -0.2) is 26.1 Å². The molecule has 1 aliphatic rings. The summed E-state index contributed by atoms with van der Waals surface area (Å²) in [5.41, 5.74) is 1.20. The molecule has 0 N–H and O–H groups in total. The van der Waals surface area contributed by atoms with Gasteiger partial charge in [-0.25, -0.2) is 0 Å². The van der Waals surface area contributed by atoms with Crippen LogP contribution in [0.1, 0.15) is 12.0 Å². The molecule has 1 heterocycles. The van der Waals surface area contributed by atoms with E-state index in [1.54, 1.807) is 0 Å². The third kappa shape index (κ3) is 3.63. The molecular weight excluding hydrogens is 192 g/mol. The predicted molar refractivity (Wildman–Crippen MR) is 56.4 cm³/mol. The van der Waals surface area contributed by atoms with Gasteiger partial charge in [0.05, 0.1) is 26.4 Å². The van der Waals surface area contributed by atoms with Crippen LogP contribution < -0.4 is 0 Å². The smallest absolute Gasteiger partial charge is 0.160 e. The maximum Gasteiger partial charge on any atom is 0.160 e. The Morgan fingerprint density at radius 1 is 1.13 bits per heavy atom. The molecule has 0 amide bonds. The molecule has 3 nitrogen and oxygen atoms in total. The van der Waals surface area contributed by atoms with Crippen LogP contribution in [0.4, 0.5) is 0 Å². The second-order valence-electron chi connectivity index (χ2n) is 3.50. The molecule has 1 aromatic carbocycles. The van der Waals surface area contributed by atoms with Gasteiger partial charge in [-0.1, -0.05) is 30.3 Å². The van der Waals surface area contributed by atoms with Gasteiger partial charge < -0.3 is 14.2 Å². The molecular formula is C12H16O3. The standard InChI is InChI=1S/C12H16O3/c1-2-4-11(5-3-1)10-13-7-6-12-14-8-9-15-12/h1-5,12H,6-10H2. The molecule has 3 heteroatoms. The van der Waals surface area contributed by atoms with E-state index in [0.29, 0.717) is 26.4 Å². The van der Waals surface area contributed by atoms with Gasteiger partial charge in [-0.15, -0.1) is 0 Å². The van der Waals surface area contributed by atoms with Gasteiger partial charge in [0.25, 0.3) is 0 Å². The Morgan fingerprint density at radius 3 is 2.60 bits per heavy atom. The molecule has 0 aliphatic carbocycles. The quantitative estimate of drug-likeness (QED) is 0.692. The second kappa shape index (κ2) is 5.85. The molecule has 1 saturated heterocycles. The summed E-state index contributed by atoms with van der Waals surface area (Å²) in [5.74, 6) is 0. The van der Waals surface area contributed by atoms with Gasteiger partial charge in [-0.2, -0.15) is 0 Å². The number of hydrogen-bond acceptors (Lipinski definition) is 3. The van der Waals surface area contributed by atoms with E-state index < -0.39 is 0 Å². The number of benzene rings is 1. The molecule has 2 rings (SSSR count). The van der Waals surface area contributed by atoms with Crippen LogP contribution in [0, 0.1) is 0 Å². The molecule has 1 fully saturated rings. The van der Waals surface area contributed by atoms with Crippen LogP contribution >= 0.6 is 0 Å². The van der Waals surface area contributed by atoms with Gasteiger partial charge in [0.15, 0.2) is 6.29 Å². The predicted octanol–water partition coefficient (Wildman–Crippen LogP) is 1.97. The van der Waals surface area contributed by atoms with Crippen LogP contribution in [-0.2, 0) is 20.8 Å². The van der Waals surface area contributed by atoms with Gasteiger partial charge in [-0.05, 0) is 5.56 Å².